The van der Waals surface area contributed by atoms with E-state index in [1.54, 1.807) is 0 Å². The van der Waals surface area contributed by atoms with Gasteiger partial charge in [-0.25, -0.2) is 4.98 Å². The first-order valence-electron chi connectivity index (χ1n) is 1.78. The van der Waals surface area contributed by atoms with E-state index in [1.807, 2.05) is 0 Å². The van der Waals surface area contributed by atoms with Crippen molar-refractivity contribution in [1.29, 1.82) is 0 Å². The molecule has 0 saturated heterocycles. The SMILES string of the molecule is COc1[c]nco1. The monoisotopic (exact) mass is 98.0 g/mol. The fourth-order valence-corrected chi connectivity index (χ4v) is 0.273. The van der Waals surface area contributed by atoms with Crippen molar-refractivity contribution in [2.75, 3.05) is 7.11 Å². The molecule has 1 rings (SSSR count). The smallest absolute Gasteiger partial charge is 0.315 e. The highest BCUT2D eigenvalue weighted by molar-refractivity contribution is 4.90. The lowest BCUT2D eigenvalue weighted by molar-refractivity contribution is 0.304. The molecule has 1 heterocycles. The maximum absolute atomic E-state index is 4.59. The molecule has 0 unspecified atom stereocenters. The van der Waals surface area contributed by atoms with Crippen LogP contribution in [0, 0.1) is 6.20 Å². The predicted octanol–water partition coefficient (Wildman–Crippen LogP) is 0.483. The van der Waals surface area contributed by atoms with Crippen molar-refractivity contribution in [2.24, 2.45) is 0 Å². The zero-order valence-corrected chi connectivity index (χ0v) is 3.84. The molecule has 0 aromatic carbocycles. The highest BCUT2D eigenvalue weighted by Crippen LogP contribution is 2.02. The zero-order chi connectivity index (χ0) is 5.11. The van der Waals surface area contributed by atoms with Crippen LogP contribution in [0.3, 0.4) is 0 Å². The van der Waals surface area contributed by atoms with Gasteiger partial charge in [0, 0.05) is 0 Å². The van der Waals surface area contributed by atoms with Crippen LogP contribution in [0.1, 0.15) is 0 Å². The maximum atomic E-state index is 4.59. The average molecular weight is 98.1 g/mol. The molecule has 0 fully saturated rings. The van der Waals surface area contributed by atoms with E-state index >= 15 is 0 Å². The summed E-state index contributed by atoms with van der Waals surface area (Å²) in [7, 11) is 1.50. The van der Waals surface area contributed by atoms with Gasteiger partial charge in [0.25, 0.3) is 0 Å². The van der Waals surface area contributed by atoms with E-state index in [2.05, 4.69) is 20.3 Å². The van der Waals surface area contributed by atoms with E-state index in [1.165, 1.54) is 13.5 Å². The van der Waals surface area contributed by atoms with Crippen LogP contribution in [0.25, 0.3) is 0 Å². The van der Waals surface area contributed by atoms with E-state index in [9.17, 15) is 0 Å². The van der Waals surface area contributed by atoms with Crippen molar-refractivity contribution in [3.8, 4) is 5.95 Å². The van der Waals surface area contributed by atoms with E-state index < -0.39 is 0 Å². The lowest BCUT2D eigenvalue weighted by Gasteiger charge is -1.83. The van der Waals surface area contributed by atoms with Gasteiger partial charge in [-0.2, -0.15) is 0 Å². The lowest BCUT2D eigenvalue weighted by Crippen LogP contribution is -1.75. The molecule has 1 aromatic rings. The van der Waals surface area contributed by atoms with E-state index in [0.29, 0.717) is 5.95 Å². The minimum atomic E-state index is 0.319. The van der Waals surface area contributed by atoms with Gasteiger partial charge in [-0.15, -0.1) is 0 Å². The molecule has 0 bridgehead atoms. The van der Waals surface area contributed by atoms with Gasteiger partial charge in [0.05, 0.1) is 7.11 Å². The molecule has 0 saturated carbocycles. The molecule has 1 radical (unpaired) electrons. The first kappa shape index (κ1) is 4.18. The Morgan fingerprint density at radius 1 is 2.00 bits per heavy atom. The standard InChI is InChI=1S/C4H4NO2/c1-6-4-2-5-3-7-4/h3H,1H3. The highest BCUT2D eigenvalue weighted by atomic mass is 16.6. The second kappa shape index (κ2) is 1.64. The summed E-state index contributed by atoms with van der Waals surface area (Å²) in [6.45, 7) is 0. The number of hydrogen-bond donors (Lipinski definition) is 0. The first-order chi connectivity index (χ1) is 3.43. The molecule has 0 spiro atoms. The van der Waals surface area contributed by atoms with Gasteiger partial charge in [-0.05, 0) is 0 Å². The molecule has 0 amide bonds. The van der Waals surface area contributed by atoms with E-state index in [0.717, 1.165) is 0 Å². The number of nitrogens with zero attached hydrogens (tertiary/aromatic N) is 1. The van der Waals surface area contributed by atoms with Gasteiger partial charge in [0.15, 0.2) is 12.6 Å². The normalized spacial score (nSPS) is 8.71. The lowest BCUT2D eigenvalue weighted by atomic mass is 10.9. The highest BCUT2D eigenvalue weighted by Gasteiger charge is 1.88. The summed E-state index contributed by atoms with van der Waals surface area (Å²) in [5.74, 6) is 0.319. The Hall–Kier alpha value is -0.990. The van der Waals surface area contributed by atoms with Crippen LogP contribution in [0.2, 0.25) is 0 Å². The molecule has 1 aromatic heterocycles. The van der Waals surface area contributed by atoms with Crippen molar-refractivity contribution in [1.82, 2.24) is 4.98 Å². The molecule has 0 aliphatic heterocycles. The Morgan fingerprint density at radius 2 is 2.86 bits per heavy atom. The first-order valence-corrected chi connectivity index (χ1v) is 1.78. The van der Waals surface area contributed by atoms with Gasteiger partial charge in [-0.3, -0.25) is 0 Å². The zero-order valence-electron chi connectivity index (χ0n) is 3.84. The number of oxazole rings is 1. The van der Waals surface area contributed by atoms with Crippen molar-refractivity contribution < 1.29 is 9.15 Å². The van der Waals surface area contributed by atoms with Gasteiger partial charge in [-0.1, -0.05) is 0 Å². The average Bonchev–Trinajstić information content (AvgIpc) is 2.14. The second-order valence-electron chi connectivity index (χ2n) is 0.956. The van der Waals surface area contributed by atoms with Gasteiger partial charge < -0.3 is 9.15 Å². The molecule has 0 aliphatic carbocycles. The summed E-state index contributed by atoms with van der Waals surface area (Å²) in [6, 6.07) is 0. The molecule has 0 N–H and O–H groups in total. The van der Waals surface area contributed by atoms with E-state index in [4.69, 9.17) is 0 Å². The number of hydrogen-bond acceptors (Lipinski definition) is 3. The molecule has 0 atom stereocenters. The second-order valence-corrected chi connectivity index (χ2v) is 0.956. The van der Waals surface area contributed by atoms with Crippen molar-refractivity contribution >= 4 is 0 Å². The summed E-state index contributed by atoms with van der Waals surface area (Å²) >= 11 is 0. The quantitative estimate of drug-likeness (QED) is 0.512. The number of rotatable bonds is 1. The third kappa shape index (κ3) is 0.707. The van der Waals surface area contributed by atoms with Crippen LogP contribution in [-0.4, -0.2) is 12.1 Å². The summed E-state index contributed by atoms with van der Waals surface area (Å²) in [6.07, 6.45) is 3.71. The van der Waals surface area contributed by atoms with Crippen LogP contribution < -0.4 is 4.74 Å². The van der Waals surface area contributed by atoms with Gasteiger partial charge in [0.2, 0.25) is 0 Å². The molecule has 0 aliphatic rings. The Balaban J connectivity index is 2.76. The Morgan fingerprint density at radius 3 is 3.14 bits per heavy atom. The summed E-state index contributed by atoms with van der Waals surface area (Å²) in [5, 5.41) is 0. The minimum absolute atomic E-state index is 0.319. The Labute approximate surface area is 40.9 Å². The van der Waals surface area contributed by atoms with Crippen LogP contribution in [0.15, 0.2) is 10.8 Å². The molecular formula is C4H4NO2. The minimum Gasteiger partial charge on any atom is -0.467 e. The molecule has 37 valence electrons. The van der Waals surface area contributed by atoms with Crippen LogP contribution in [-0.2, 0) is 0 Å². The third-order valence-electron chi connectivity index (χ3n) is 0.554. The van der Waals surface area contributed by atoms with Gasteiger partial charge in [0.1, 0.15) is 0 Å². The number of aromatic nitrogens is 1. The van der Waals surface area contributed by atoms with Crippen LogP contribution in [0.4, 0.5) is 0 Å². The van der Waals surface area contributed by atoms with Gasteiger partial charge >= 0.3 is 5.95 Å². The van der Waals surface area contributed by atoms with Crippen molar-refractivity contribution in [3.05, 3.63) is 12.6 Å². The predicted molar refractivity (Wildman–Crippen MR) is 21.9 cm³/mol. The van der Waals surface area contributed by atoms with Crippen LogP contribution >= 0.6 is 0 Å². The molecule has 3 heteroatoms. The Kier molecular flexibility index (Phi) is 0.978. The van der Waals surface area contributed by atoms with E-state index in [-0.39, 0.29) is 0 Å². The third-order valence-corrected chi connectivity index (χ3v) is 0.554. The Bertz CT molecular complexity index is 124. The summed E-state index contributed by atoms with van der Waals surface area (Å²) < 4.78 is 9.16. The van der Waals surface area contributed by atoms with Crippen molar-refractivity contribution in [2.45, 2.75) is 0 Å². The largest absolute Gasteiger partial charge is 0.467 e. The molecular weight excluding hydrogens is 94.0 g/mol. The summed E-state index contributed by atoms with van der Waals surface area (Å²) in [4.78, 5) is 3.48. The fraction of sp³-hybridized carbons (Fsp3) is 0.250. The molecule has 3 nitrogen and oxygen atoms in total. The van der Waals surface area contributed by atoms with Crippen molar-refractivity contribution in [3.63, 3.8) is 0 Å². The summed E-state index contributed by atoms with van der Waals surface area (Å²) in [5.41, 5.74) is 0. The topological polar surface area (TPSA) is 35.3 Å². The molecule has 7 heavy (non-hydrogen) atoms. The maximum Gasteiger partial charge on any atom is 0.315 e. The fourth-order valence-electron chi connectivity index (χ4n) is 0.273. The number of ether oxygens (including phenoxy) is 1. The number of methoxy groups -OCH3 is 1. The van der Waals surface area contributed by atoms with Crippen LogP contribution in [0.5, 0.6) is 5.95 Å².